The quantitative estimate of drug-likeness (QED) is 0.725. The van der Waals surface area contributed by atoms with Crippen molar-refractivity contribution in [3.63, 3.8) is 0 Å². The van der Waals surface area contributed by atoms with Crippen LogP contribution in [0.4, 0.5) is 5.82 Å². The third kappa shape index (κ3) is 3.47. The molecule has 3 heterocycles. The molecular weight excluding hydrogens is 324 g/mol. The second kappa shape index (κ2) is 7.04. The number of aryl methyl sites for hydroxylation is 1. The van der Waals surface area contributed by atoms with Crippen molar-refractivity contribution in [3.05, 3.63) is 60.4 Å². The monoisotopic (exact) mass is 344 g/mol. The lowest BCUT2D eigenvalue weighted by atomic mass is 10.1. The fraction of sp³-hybridized carbons (Fsp3) is 0.238. The summed E-state index contributed by atoms with van der Waals surface area (Å²) < 4.78 is 0. The van der Waals surface area contributed by atoms with Crippen LogP contribution < -0.4 is 4.90 Å². The standard InChI is InChI=1S/C21H20N4O/c1-15-2-4-17(5-3-15)21-23-19(16-6-10-22-11-7-16)14-20(24-21)25-12-8-18(26)9-13-25/h2-7,10-11,14H,8-9,12-13H2,1H3. The average Bonchev–Trinajstić information content (AvgIpc) is 2.69. The molecule has 0 bridgehead atoms. The number of benzene rings is 1. The van der Waals surface area contributed by atoms with Crippen LogP contribution in [0.2, 0.25) is 0 Å². The van der Waals surface area contributed by atoms with Crippen LogP contribution in [0.3, 0.4) is 0 Å². The number of carbonyl (C=O) groups is 1. The Balaban J connectivity index is 1.79. The summed E-state index contributed by atoms with van der Waals surface area (Å²) in [6, 6.07) is 14.1. The normalized spacial score (nSPS) is 14.5. The molecule has 0 unspecified atom stereocenters. The van der Waals surface area contributed by atoms with Crippen LogP contribution in [0.1, 0.15) is 18.4 Å². The lowest BCUT2D eigenvalue weighted by Gasteiger charge is -2.27. The van der Waals surface area contributed by atoms with Crippen molar-refractivity contribution in [2.75, 3.05) is 18.0 Å². The second-order valence-corrected chi connectivity index (χ2v) is 6.56. The molecule has 26 heavy (non-hydrogen) atoms. The van der Waals surface area contributed by atoms with Gasteiger partial charge in [0, 0.05) is 55.5 Å². The van der Waals surface area contributed by atoms with Gasteiger partial charge < -0.3 is 4.90 Å². The minimum atomic E-state index is 0.323. The van der Waals surface area contributed by atoms with E-state index in [2.05, 4.69) is 28.9 Å². The molecule has 1 saturated heterocycles. The van der Waals surface area contributed by atoms with E-state index in [9.17, 15) is 4.79 Å². The van der Waals surface area contributed by atoms with Gasteiger partial charge in [-0.1, -0.05) is 29.8 Å². The molecule has 0 amide bonds. The topological polar surface area (TPSA) is 59.0 Å². The Labute approximate surface area is 152 Å². The van der Waals surface area contributed by atoms with E-state index in [1.54, 1.807) is 12.4 Å². The number of hydrogen-bond donors (Lipinski definition) is 0. The molecule has 0 atom stereocenters. The molecule has 1 aromatic carbocycles. The first-order valence-electron chi connectivity index (χ1n) is 8.82. The number of anilines is 1. The van der Waals surface area contributed by atoms with Gasteiger partial charge in [-0.3, -0.25) is 9.78 Å². The predicted molar refractivity (Wildman–Crippen MR) is 102 cm³/mol. The highest BCUT2D eigenvalue weighted by Gasteiger charge is 2.19. The van der Waals surface area contributed by atoms with E-state index in [-0.39, 0.29) is 0 Å². The fourth-order valence-electron chi connectivity index (χ4n) is 3.08. The molecule has 1 aliphatic rings. The number of piperidine rings is 1. The van der Waals surface area contributed by atoms with Crippen molar-refractivity contribution >= 4 is 11.6 Å². The third-order valence-electron chi connectivity index (χ3n) is 4.64. The van der Waals surface area contributed by atoms with Gasteiger partial charge >= 0.3 is 0 Å². The van der Waals surface area contributed by atoms with Gasteiger partial charge in [-0.2, -0.15) is 0 Å². The molecule has 3 aromatic rings. The van der Waals surface area contributed by atoms with E-state index in [4.69, 9.17) is 9.97 Å². The molecular formula is C21H20N4O. The van der Waals surface area contributed by atoms with Crippen LogP contribution >= 0.6 is 0 Å². The zero-order chi connectivity index (χ0) is 17.9. The van der Waals surface area contributed by atoms with Gasteiger partial charge in [0.2, 0.25) is 0 Å². The number of Topliss-reactive ketones (excluding diaryl/α,β-unsaturated/α-hetero) is 1. The highest BCUT2D eigenvalue weighted by atomic mass is 16.1. The van der Waals surface area contributed by atoms with Crippen molar-refractivity contribution in [1.29, 1.82) is 0 Å². The number of nitrogens with zero attached hydrogens (tertiary/aromatic N) is 4. The Hall–Kier alpha value is -3.08. The van der Waals surface area contributed by atoms with Crippen LogP contribution in [-0.2, 0) is 4.79 Å². The maximum Gasteiger partial charge on any atom is 0.162 e. The number of aromatic nitrogens is 3. The largest absolute Gasteiger partial charge is 0.356 e. The molecule has 0 saturated carbocycles. The zero-order valence-electron chi connectivity index (χ0n) is 14.7. The molecule has 0 N–H and O–H groups in total. The van der Waals surface area contributed by atoms with Crippen molar-refractivity contribution < 1.29 is 4.79 Å². The van der Waals surface area contributed by atoms with Gasteiger partial charge in [-0.05, 0) is 19.1 Å². The number of carbonyl (C=O) groups excluding carboxylic acids is 1. The SMILES string of the molecule is Cc1ccc(-c2nc(-c3ccncc3)cc(N3CCC(=O)CC3)n2)cc1. The van der Waals surface area contributed by atoms with Gasteiger partial charge in [0.25, 0.3) is 0 Å². The summed E-state index contributed by atoms with van der Waals surface area (Å²) in [5.41, 5.74) is 4.06. The van der Waals surface area contributed by atoms with Crippen LogP contribution in [0.15, 0.2) is 54.9 Å². The molecule has 130 valence electrons. The predicted octanol–water partition coefficient (Wildman–Crippen LogP) is 3.68. The summed E-state index contributed by atoms with van der Waals surface area (Å²) in [6.45, 7) is 3.48. The van der Waals surface area contributed by atoms with Crippen LogP contribution in [-0.4, -0.2) is 33.8 Å². The maximum atomic E-state index is 11.6. The molecule has 1 fully saturated rings. The van der Waals surface area contributed by atoms with Gasteiger partial charge in [0.1, 0.15) is 11.6 Å². The van der Waals surface area contributed by atoms with Gasteiger partial charge in [0.15, 0.2) is 5.82 Å². The van der Waals surface area contributed by atoms with Crippen LogP contribution in [0.5, 0.6) is 0 Å². The van der Waals surface area contributed by atoms with Crippen molar-refractivity contribution in [2.45, 2.75) is 19.8 Å². The van der Waals surface area contributed by atoms with Crippen molar-refractivity contribution in [1.82, 2.24) is 15.0 Å². The van der Waals surface area contributed by atoms with Crippen molar-refractivity contribution in [3.8, 4) is 22.6 Å². The average molecular weight is 344 g/mol. The Kier molecular flexibility index (Phi) is 4.44. The Morgan fingerprint density at radius 1 is 0.885 bits per heavy atom. The molecule has 5 nitrogen and oxygen atoms in total. The maximum absolute atomic E-state index is 11.6. The second-order valence-electron chi connectivity index (χ2n) is 6.56. The summed E-state index contributed by atoms with van der Waals surface area (Å²) in [6.07, 6.45) is 4.69. The number of pyridine rings is 1. The summed E-state index contributed by atoms with van der Waals surface area (Å²) >= 11 is 0. The van der Waals surface area contributed by atoms with E-state index in [0.717, 1.165) is 22.6 Å². The molecule has 2 aromatic heterocycles. The molecule has 4 rings (SSSR count). The highest BCUT2D eigenvalue weighted by Crippen LogP contribution is 2.27. The fourth-order valence-corrected chi connectivity index (χ4v) is 3.08. The molecule has 0 radical (unpaired) electrons. The smallest absolute Gasteiger partial charge is 0.162 e. The lowest BCUT2D eigenvalue weighted by Crippen LogP contribution is -2.34. The zero-order valence-corrected chi connectivity index (χ0v) is 14.7. The van der Waals surface area contributed by atoms with E-state index >= 15 is 0 Å². The highest BCUT2D eigenvalue weighted by molar-refractivity contribution is 5.81. The molecule has 0 spiro atoms. The summed E-state index contributed by atoms with van der Waals surface area (Å²) in [5, 5.41) is 0. The van der Waals surface area contributed by atoms with E-state index < -0.39 is 0 Å². The van der Waals surface area contributed by atoms with Gasteiger partial charge in [-0.25, -0.2) is 9.97 Å². The first-order valence-corrected chi connectivity index (χ1v) is 8.82. The summed E-state index contributed by atoms with van der Waals surface area (Å²) in [7, 11) is 0. The molecule has 5 heteroatoms. The minimum Gasteiger partial charge on any atom is -0.356 e. The number of hydrogen-bond acceptors (Lipinski definition) is 5. The third-order valence-corrected chi connectivity index (χ3v) is 4.64. The van der Waals surface area contributed by atoms with Crippen LogP contribution in [0, 0.1) is 6.92 Å². The Morgan fingerprint density at radius 2 is 1.58 bits per heavy atom. The lowest BCUT2D eigenvalue weighted by molar-refractivity contribution is -0.119. The first-order chi connectivity index (χ1) is 12.7. The molecule has 0 aliphatic carbocycles. The first kappa shape index (κ1) is 16.4. The number of rotatable bonds is 3. The van der Waals surface area contributed by atoms with Gasteiger partial charge in [-0.15, -0.1) is 0 Å². The Morgan fingerprint density at radius 3 is 2.27 bits per heavy atom. The summed E-state index contributed by atoms with van der Waals surface area (Å²) in [5.74, 6) is 1.89. The summed E-state index contributed by atoms with van der Waals surface area (Å²) in [4.78, 5) is 27.4. The number of ketones is 1. The van der Waals surface area contributed by atoms with E-state index in [1.165, 1.54) is 5.56 Å². The van der Waals surface area contributed by atoms with E-state index in [1.807, 2.05) is 30.3 Å². The molecule has 1 aliphatic heterocycles. The minimum absolute atomic E-state index is 0.323. The van der Waals surface area contributed by atoms with Gasteiger partial charge in [0.05, 0.1) is 5.69 Å². The Bertz CT molecular complexity index is 913. The van der Waals surface area contributed by atoms with Crippen molar-refractivity contribution in [2.24, 2.45) is 0 Å². The van der Waals surface area contributed by atoms with Crippen LogP contribution in [0.25, 0.3) is 22.6 Å². The van der Waals surface area contributed by atoms with E-state index in [0.29, 0.717) is 37.5 Å².